The molecule has 2 fully saturated rings. The van der Waals surface area contributed by atoms with Crippen molar-refractivity contribution in [1.82, 2.24) is 14.8 Å². The second-order valence-electron chi connectivity index (χ2n) is 7.99. The van der Waals surface area contributed by atoms with Gasteiger partial charge in [0.2, 0.25) is 0 Å². The van der Waals surface area contributed by atoms with E-state index < -0.39 is 0 Å². The fourth-order valence-corrected chi connectivity index (χ4v) is 4.79. The molecule has 2 aliphatic heterocycles. The highest BCUT2D eigenvalue weighted by Gasteiger charge is 2.48. The molecule has 3 heterocycles. The Balaban J connectivity index is 1.43. The fourth-order valence-electron chi connectivity index (χ4n) is 4.79. The first-order chi connectivity index (χ1) is 12.7. The average molecular weight is 351 g/mol. The van der Waals surface area contributed by atoms with Gasteiger partial charge in [-0.15, -0.1) is 0 Å². The molecule has 2 saturated heterocycles. The summed E-state index contributed by atoms with van der Waals surface area (Å²) in [5.74, 6) is 0. The molecule has 0 bridgehead atoms. The summed E-state index contributed by atoms with van der Waals surface area (Å²) < 4.78 is 0. The van der Waals surface area contributed by atoms with Crippen LogP contribution in [0.25, 0.3) is 0 Å². The highest BCUT2D eigenvalue weighted by Crippen LogP contribution is 2.39. The van der Waals surface area contributed by atoms with Gasteiger partial charge in [0.25, 0.3) is 0 Å². The molecule has 1 aromatic carbocycles. The molecule has 1 aromatic heterocycles. The van der Waals surface area contributed by atoms with Gasteiger partial charge in [0, 0.05) is 44.1 Å². The van der Waals surface area contributed by atoms with Gasteiger partial charge in [-0.2, -0.15) is 0 Å². The third kappa shape index (κ3) is 3.54. The number of aliphatic hydroxyl groups is 1. The second-order valence-corrected chi connectivity index (χ2v) is 7.99. The zero-order valence-electron chi connectivity index (χ0n) is 15.6. The van der Waals surface area contributed by atoms with Crippen LogP contribution in [-0.2, 0) is 13.1 Å². The van der Waals surface area contributed by atoms with E-state index in [1.165, 1.54) is 23.1 Å². The van der Waals surface area contributed by atoms with E-state index in [2.05, 4.69) is 58.1 Å². The molecule has 0 unspecified atom stereocenters. The SMILES string of the molecule is Cc1cncc(CN2CC[C@@]3(CCCN3Cc3ccccc3)[C@@H](O)C2)c1. The van der Waals surface area contributed by atoms with Crippen molar-refractivity contribution in [3.63, 3.8) is 0 Å². The zero-order valence-corrected chi connectivity index (χ0v) is 15.6. The largest absolute Gasteiger partial charge is 0.390 e. The number of hydrogen-bond donors (Lipinski definition) is 1. The minimum absolute atomic E-state index is 0.0444. The molecule has 4 rings (SSSR count). The number of aromatic nitrogens is 1. The van der Waals surface area contributed by atoms with Crippen LogP contribution in [0.2, 0.25) is 0 Å². The van der Waals surface area contributed by atoms with Crippen molar-refractivity contribution in [2.45, 2.75) is 50.9 Å². The predicted molar refractivity (Wildman–Crippen MR) is 104 cm³/mol. The van der Waals surface area contributed by atoms with Crippen molar-refractivity contribution in [1.29, 1.82) is 0 Å². The molecule has 2 aromatic rings. The summed E-state index contributed by atoms with van der Waals surface area (Å²) >= 11 is 0. The summed E-state index contributed by atoms with van der Waals surface area (Å²) in [5.41, 5.74) is 3.73. The standard InChI is InChI=1S/C22H29N3O/c1-18-12-20(14-23-13-18)15-24-11-9-22(21(26)17-24)8-5-10-25(22)16-19-6-3-2-4-7-19/h2-4,6-7,12-14,21,26H,5,8-11,15-17H2,1H3/t21-,22-/m0/s1. The lowest BCUT2D eigenvalue weighted by Gasteiger charge is -2.48. The minimum Gasteiger partial charge on any atom is -0.390 e. The Morgan fingerprint density at radius 3 is 2.69 bits per heavy atom. The lowest BCUT2D eigenvalue weighted by Crippen LogP contribution is -2.61. The average Bonchev–Trinajstić information content (AvgIpc) is 3.03. The molecular weight excluding hydrogens is 322 g/mol. The Morgan fingerprint density at radius 2 is 1.92 bits per heavy atom. The van der Waals surface area contributed by atoms with Gasteiger partial charge in [0.1, 0.15) is 0 Å². The molecule has 2 aliphatic rings. The third-order valence-corrected chi connectivity index (χ3v) is 6.13. The van der Waals surface area contributed by atoms with E-state index in [0.717, 1.165) is 45.6 Å². The summed E-state index contributed by atoms with van der Waals surface area (Å²) in [4.78, 5) is 9.22. The van der Waals surface area contributed by atoms with Gasteiger partial charge in [-0.25, -0.2) is 0 Å². The van der Waals surface area contributed by atoms with E-state index >= 15 is 0 Å². The number of nitrogens with zero attached hydrogens (tertiary/aromatic N) is 3. The number of aryl methyl sites for hydroxylation is 1. The number of piperidine rings is 1. The molecule has 0 aliphatic carbocycles. The predicted octanol–water partition coefficient (Wildman–Crippen LogP) is 2.99. The molecule has 4 heteroatoms. The van der Waals surface area contributed by atoms with E-state index in [4.69, 9.17) is 0 Å². The van der Waals surface area contributed by atoms with Crippen LogP contribution in [0.15, 0.2) is 48.8 Å². The van der Waals surface area contributed by atoms with Crippen LogP contribution in [0.4, 0.5) is 0 Å². The van der Waals surface area contributed by atoms with Crippen LogP contribution in [0.3, 0.4) is 0 Å². The number of aliphatic hydroxyl groups excluding tert-OH is 1. The Morgan fingerprint density at radius 1 is 1.08 bits per heavy atom. The number of hydrogen-bond acceptors (Lipinski definition) is 4. The van der Waals surface area contributed by atoms with Crippen LogP contribution >= 0.6 is 0 Å². The van der Waals surface area contributed by atoms with Crippen molar-refractivity contribution in [2.24, 2.45) is 0 Å². The molecule has 0 radical (unpaired) electrons. The van der Waals surface area contributed by atoms with Crippen LogP contribution in [-0.4, -0.2) is 51.2 Å². The Hall–Kier alpha value is -1.75. The first-order valence-corrected chi connectivity index (χ1v) is 9.76. The van der Waals surface area contributed by atoms with Crippen molar-refractivity contribution < 1.29 is 5.11 Å². The van der Waals surface area contributed by atoms with Crippen LogP contribution in [0, 0.1) is 6.92 Å². The van der Waals surface area contributed by atoms with E-state index in [1.807, 2.05) is 12.4 Å². The van der Waals surface area contributed by atoms with Crippen LogP contribution in [0.5, 0.6) is 0 Å². The molecule has 1 spiro atoms. The van der Waals surface area contributed by atoms with Gasteiger partial charge in [-0.1, -0.05) is 36.4 Å². The molecular formula is C22H29N3O. The van der Waals surface area contributed by atoms with Gasteiger partial charge >= 0.3 is 0 Å². The third-order valence-electron chi connectivity index (χ3n) is 6.13. The number of benzene rings is 1. The molecule has 4 nitrogen and oxygen atoms in total. The van der Waals surface area contributed by atoms with Crippen molar-refractivity contribution >= 4 is 0 Å². The smallest absolute Gasteiger partial charge is 0.0851 e. The number of pyridine rings is 1. The molecule has 26 heavy (non-hydrogen) atoms. The lowest BCUT2D eigenvalue weighted by molar-refractivity contribution is -0.0683. The Bertz CT molecular complexity index is 735. The van der Waals surface area contributed by atoms with E-state index in [-0.39, 0.29) is 11.6 Å². The molecule has 2 atom stereocenters. The van der Waals surface area contributed by atoms with Crippen LogP contribution < -0.4 is 0 Å². The van der Waals surface area contributed by atoms with Gasteiger partial charge < -0.3 is 5.11 Å². The Labute approximate surface area is 156 Å². The van der Waals surface area contributed by atoms with Crippen molar-refractivity contribution in [2.75, 3.05) is 19.6 Å². The summed E-state index contributed by atoms with van der Waals surface area (Å²) in [5, 5.41) is 11.1. The van der Waals surface area contributed by atoms with E-state index in [9.17, 15) is 5.11 Å². The van der Waals surface area contributed by atoms with Gasteiger partial charge in [-0.05, 0) is 49.4 Å². The summed E-state index contributed by atoms with van der Waals surface area (Å²) in [6, 6.07) is 12.9. The maximum atomic E-state index is 11.1. The van der Waals surface area contributed by atoms with Gasteiger partial charge in [0.05, 0.1) is 6.10 Å². The normalized spacial score (nSPS) is 27.2. The van der Waals surface area contributed by atoms with Gasteiger partial charge in [-0.3, -0.25) is 14.8 Å². The number of β-amino-alcohol motifs (C(OH)–C–C–N with tert-alkyl or cyclic N) is 1. The minimum atomic E-state index is -0.291. The monoisotopic (exact) mass is 351 g/mol. The lowest BCUT2D eigenvalue weighted by atomic mass is 9.82. The summed E-state index contributed by atoms with van der Waals surface area (Å²) in [7, 11) is 0. The maximum Gasteiger partial charge on any atom is 0.0851 e. The first kappa shape index (κ1) is 17.7. The number of rotatable bonds is 4. The summed E-state index contributed by atoms with van der Waals surface area (Å²) in [6.45, 7) is 6.78. The second kappa shape index (κ2) is 7.47. The van der Waals surface area contributed by atoms with E-state index in [1.54, 1.807) is 0 Å². The Kier molecular flexibility index (Phi) is 5.07. The highest BCUT2D eigenvalue weighted by molar-refractivity contribution is 5.18. The molecule has 138 valence electrons. The van der Waals surface area contributed by atoms with Gasteiger partial charge in [0.15, 0.2) is 0 Å². The molecule has 0 amide bonds. The first-order valence-electron chi connectivity index (χ1n) is 9.76. The van der Waals surface area contributed by atoms with E-state index in [0.29, 0.717) is 0 Å². The topological polar surface area (TPSA) is 39.6 Å². The zero-order chi connectivity index (χ0) is 18.0. The van der Waals surface area contributed by atoms with Crippen molar-refractivity contribution in [3.05, 3.63) is 65.5 Å². The van der Waals surface area contributed by atoms with Crippen LogP contribution in [0.1, 0.15) is 36.0 Å². The molecule has 0 saturated carbocycles. The van der Waals surface area contributed by atoms with Crippen molar-refractivity contribution in [3.8, 4) is 0 Å². The maximum absolute atomic E-state index is 11.1. The fraction of sp³-hybridized carbons (Fsp3) is 0.500. The summed E-state index contributed by atoms with van der Waals surface area (Å²) in [6.07, 6.45) is 6.89. The number of likely N-dealkylation sites (tertiary alicyclic amines) is 2. The highest BCUT2D eigenvalue weighted by atomic mass is 16.3. The quantitative estimate of drug-likeness (QED) is 0.919. The molecule has 1 N–H and O–H groups in total.